The summed E-state index contributed by atoms with van der Waals surface area (Å²) in [6.07, 6.45) is 0.870. The van der Waals surface area contributed by atoms with Crippen LogP contribution in [-0.4, -0.2) is 24.3 Å². The lowest BCUT2D eigenvalue weighted by Crippen LogP contribution is -1.98. The molecule has 0 unspecified atom stereocenters. The number of methoxy groups -OCH3 is 1. The number of hydrogen-bond donors (Lipinski definition) is 1. The molecule has 2 aromatic carbocycles. The van der Waals surface area contributed by atoms with Crippen molar-refractivity contribution in [1.82, 2.24) is 0 Å². The van der Waals surface area contributed by atoms with Gasteiger partial charge in [0.05, 0.1) is 7.11 Å². The van der Waals surface area contributed by atoms with E-state index in [-0.39, 0.29) is 5.78 Å². The minimum Gasteiger partial charge on any atom is -0.497 e. The first kappa shape index (κ1) is 14.4. The van der Waals surface area contributed by atoms with E-state index >= 15 is 0 Å². The highest BCUT2D eigenvalue weighted by atomic mass is 16.5. The van der Waals surface area contributed by atoms with Crippen LogP contribution < -0.4 is 4.74 Å². The number of para-hydroxylation sites is 1. The van der Waals surface area contributed by atoms with Crippen molar-refractivity contribution in [2.24, 2.45) is 5.16 Å². The van der Waals surface area contributed by atoms with E-state index in [4.69, 9.17) is 9.94 Å². The van der Waals surface area contributed by atoms with E-state index in [0.717, 1.165) is 12.0 Å². The summed E-state index contributed by atoms with van der Waals surface area (Å²) >= 11 is 0. The number of oxime groups is 1. The van der Waals surface area contributed by atoms with Crippen LogP contribution in [0.5, 0.6) is 5.75 Å². The van der Waals surface area contributed by atoms with Crippen LogP contribution in [0.3, 0.4) is 0 Å². The molecule has 0 fully saturated rings. The van der Waals surface area contributed by atoms with Crippen LogP contribution in [0.25, 0.3) is 0 Å². The van der Waals surface area contributed by atoms with Crippen molar-refractivity contribution in [1.29, 1.82) is 0 Å². The van der Waals surface area contributed by atoms with Crippen LogP contribution >= 0.6 is 0 Å². The largest absolute Gasteiger partial charge is 0.497 e. The molecule has 0 atom stereocenters. The predicted molar refractivity (Wildman–Crippen MR) is 74.0 cm³/mol. The Kier molecular flexibility index (Phi) is 6.44. The molecule has 2 rings (SSSR count). The second-order valence-corrected chi connectivity index (χ2v) is 3.49. The molecule has 1 N–H and O–H groups in total. The number of nitrogens with zero attached hydrogens (tertiary/aromatic N) is 1. The number of hydrogen-bond acceptors (Lipinski definition) is 4. The van der Waals surface area contributed by atoms with E-state index < -0.39 is 0 Å². The SMILES string of the molecule is COc1ccccc1.O=C(C=NO)c1ccccc1. The van der Waals surface area contributed by atoms with Gasteiger partial charge < -0.3 is 9.94 Å². The molecule has 0 aliphatic rings. The Morgan fingerprint density at radius 1 is 1.05 bits per heavy atom. The van der Waals surface area contributed by atoms with Gasteiger partial charge in [0.2, 0.25) is 5.78 Å². The molecule has 98 valence electrons. The fourth-order valence-corrected chi connectivity index (χ4v) is 1.29. The van der Waals surface area contributed by atoms with Crippen molar-refractivity contribution >= 4 is 12.0 Å². The molecule has 0 bridgehead atoms. The maximum Gasteiger partial charge on any atom is 0.207 e. The molecular formula is C15H15NO3. The number of carbonyl (C=O) groups excluding carboxylic acids is 1. The molecule has 4 nitrogen and oxygen atoms in total. The summed E-state index contributed by atoms with van der Waals surface area (Å²) in [6.45, 7) is 0. The molecule has 4 heteroatoms. The van der Waals surface area contributed by atoms with Gasteiger partial charge in [0.15, 0.2) is 0 Å². The number of Topliss-reactive ketones (excluding diaryl/α,β-unsaturated/α-hetero) is 1. The highest BCUT2D eigenvalue weighted by Crippen LogP contribution is 2.05. The Balaban J connectivity index is 0.000000200. The molecular weight excluding hydrogens is 242 g/mol. The molecule has 0 aliphatic heterocycles. The third-order valence-electron chi connectivity index (χ3n) is 2.21. The van der Waals surface area contributed by atoms with E-state index in [1.807, 2.05) is 36.4 Å². The van der Waals surface area contributed by atoms with Gasteiger partial charge in [0.1, 0.15) is 12.0 Å². The maximum atomic E-state index is 10.9. The van der Waals surface area contributed by atoms with Gasteiger partial charge >= 0.3 is 0 Å². The maximum absolute atomic E-state index is 10.9. The van der Waals surface area contributed by atoms with Crippen LogP contribution in [-0.2, 0) is 0 Å². The number of rotatable bonds is 3. The third kappa shape index (κ3) is 5.50. The lowest BCUT2D eigenvalue weighted by Gasteiger charge is -1.93. The number of ether oxygens (including phenoxy) is 1. The smallest absolute Gasteiger partial charge is 0.207 e. The summed E-state index contributed by atoms with van der Waals surface area (Å²) in [6, 6.07) is 18.3. The Bertz CT molecular complexity index is 509. The number of benzene rings is 2. The van der Waals surface area contributed by atoms with Crippen LogP contribution in [0, 0.1) is 0 Å². The van der Waals surface area contributed by atoms with Crippen molar-refractivity contribution < 1.29 is 14.7 Å². The van der Waals surface area contributed by atoms with Crippen molar-refractivity contribution in [3.63, 3.8) is 0 Å². The average molecular weight is 257 g/mol. The first-order valence-electron chi connectivity index (χ1n) is 5.63. The zero-order valence-corrected chi connectivity index (χ0v) is 10.6. The second-order valence-electron chi connectivity index (χ2n) is 3.49. The van der Waals surface area contributed by atoms with Gasteiger partial charge in [-0.05, 0) is 12.1 Å². The quantitative estimate of drug-likeness (QED) is 0.398. The lowest BCUT2D eigenvalue weighted by molar-refractivity contribution is 0.106. The fraction of sp³-hybridized carbons (Fsp3) is 0.0667. The molecule has 19 heavy (non-hydrogen) atoms. The lowest BCUT2D eigenvalue weighted by atomic mass is 10.1. The van der Waals surface area contributed by atoms with Gasteiger partial charge in [-0.1, -0.05) is 53.7 Å². The standard InChI is InChI=1S/C8H7NO2.C7H8O/c10-8(6-9-11)7-4-2-1-3-5-7;1-8-7-5-3-2-4-6-7/h1-6,11H;2-6H,1H3. The van der Waals surface area contributed by atoms with Crippen molar-refractivity contribution in [3.05, 3.63) is 66.2 Å². The summed E-state index contributed by atoms with van der Waals surface area (Å²) in [5, 5.41) is 10.7. The molecule has 2 aromatic rings. The van der Waals surface area contributed by atoms with Crippen LogP contribution in [0.4, 0.5) is 0 Å². The zero-order chi connectivity index (χ0) is 13.9. The normalized spacial score (nSPS) is 9.53. The Labute approximate surface area is 112 Å². The molecule has 0 amide bonds. The molecule has 0 saturated heterocycles. The van der Waals surface area contributed by atoms with Crippen LogP contribution in [0.2, 0.25) is 0 Å². The van der Waals surface area contributed by atoms with Gasteiger partial charge in [-0.2, -0.15) is 0 Å². The molecule has 0 saturated carbocycles. The summed E-state index contributed by atoms with van der Waals surface area (Å²) in [5.41, 5.74) is 0.519. The van der Waals surface area contributed by atoms with E-state index in [9.17, 15) is 4.79 Å². The van der Waals surface area contributed by atoms with Gasteiger partial charge in [-0.25, -0.2) is 0 Å². The van der Waals surface area contributed by atoms with Gasteiger partial charge in [0.25, 0.3) is 0 Å². The Morgan fingerprint density at radius 2 is 1.58 bits per heavy atom. The van der Waals surface area contributed by atoms with Gasteiger partial charge in [0, 0.05) is 5.56 Å². The zero-order valence-electron chi connectivity index (χ0n) is 10.6. The highest BCUT2D eigenvalue weighted by molar-refractivity contribution is 6.35. The summed E-state index contributed by atoms with van der Waals surface area (Å²) in [4.78, 5) is 10.9. The summed E-state index contributed by atoms with van der Waals surface area (Å²) in [7, 11) is 1.66. The van der Waals surface area contributed by atoms with E-state index in [1.165, 1.54) is 0 Å². The molecule has 0 aliphatic carbocycles. The molecule has 0 aromatic heterocycles. The van der Waals surface area contributed by atoms with Crippen LogP contribution in [0.15, 0.2) is 65.8 Å². The first-order chi connectivity index (χ1) is 9.27. The minimum atomic E-state index is -0.298. The second kappa shape index (κ2) is 8.47. The molecule has 0 radical (unpaired) electrons. The number of ketones is 1. The molecule has 0 spiro atoms. The third-order valence-corrected chi connectivity index (χ3v) is 2.21. The van der Waals surface area contributed by atoms with Crippen molar-refractivity contribution in [2.75, 3.05) is 7.11 Å². The van der Waals surface area contributed by atoms with Gasteiger partial charge in [-0.15, -0.1) is 0 Å². The minimum absolute atomic E-state index is 0.298. The first-order valence-corrected chi connectivity index (χ1v) is 5.63. The summed E-state index contributed by atoms with van der Waals surface area (Å²) in [5.74, 6) is 0.612. The Morgan fingerprint density at radius 3 is 2.00 bits per heavy atom. The van der Waals surface area contributed by atoms with E-state index in [0.29, 0.717) is 5.56 Å². The van der Waals surface area contributed by atoms with E-state index in [1.54, 1.807) is 31.4 Å². The van der Waals surface area contributed by atoms with E-state index in [2.05, 4.69) is 5.16 Å². The topological polar surface area (TPSA) is 58.9 Å². The highest BCUT2D eigenvalue weighted by Gasteiger charge is 1.98. The predicted octanol–water partition coefficient (Wildman–Crippen LogP) is 3.02. The van der Waals surface area contributed by atoms with Crippen LogP contribution in [0.1, 0.15) is 10.4 Å². The Hall–Kier alpha value is -2.62. The summed E-state index contributed by atoms with van der Waals surface area (Å²) < 4.78 is 4.91. The fourth-order valence-electron chi connectivity index (χ4n) is 1.29. The average Bonchev–Trinajstić information content (AvgIpc) is 2.50. The molecule has 0 heterocycles. The van der Waals surface area contributed by atoms with Crippen molar-refractivity contribution in [3.8, 4) is 5.75 Å². The monoisotopic (exact) mass is 257 g/mol. The van der Waals surface area contributed by atoms with Crippen molar-refractivity contribution in [2.45, 2.75) is 0 Å². The number of carbonyl (C=O) groups is 1. The van der Waals surface area contributed by atoms with Gasteiger partial charge in [-0.3, -0.25) is 4.79 Å².